The molecule has 3 nitrogen and oxygen atoms in total. The molecule has 3 rings (SSSR count). The first-order chi connectivity index (χ1) is 9.56. The van der Waals surface area contributed by atoms with Gasteiger partial charge in [0, 0.05) is 15.7 Å². The molecule has 1 aliphatic rings. The second kappa shape index (κ2) is 5.00. The van der Waals surface area contributed by atoms with Gasteiger partial charge in [-0.25, -0.2) is 4.39 Å². The summed E-state index contributed by atoms with van der Waals surface area (Å²) in [5.74, 6) is -0.541. The third-order valence-corrected chi connectivity index (χ3v) is 4.03. The number of amides is 1. The largest absolute Gasteiger partial charge is 0.384 e. The van der Waals surface area contributed by atoms with E-state index in [9.17, 15) is 14.3 Å². The number of rotatable bonds is 2. The van der Waals surface area contributed by atoms with Crippen molar-refractivity contribution in [3.05, 3.63) is 63.4 Å². The van der Waals surface area contributed by atoms with Gasteiger partial charge in [-0.1, -0.05) is 34.1 Å². The summed E-state index contributed by atoms with van der Waals surface area (Å²) in [6, 6.07) is 9.71. The van der Waals surface area contributed by atoms with Crippen molar-refractivity contribution >= 4 is 27.5 Å². The standard InChI is InChI=1S/C15H11BrFNO2/c16-10-2-1-3-11(17)14(10)15(20)8-4-5-12-9(6-8)7-13(19)18-12/h1-6,15,20H,7H2,(H,18,19). The van der Waals surface area contributed by atoms with Crippen LogP contribution in [-0.4, -0.2) is 11.0 Å². The number of hydrogen-bond acceptors (Lipinski definition) is 2. The molecule has 0 bridgehead atoms. The number of nitrogens with one attached hydrogen (secondary N) is 1. The van der Waals surface area contributed by atoms with E-state index in [1.165, 1.54) is 6.07 Å². The lowest BCUT2D eigenvalue weighted by atomic mass is 9.98. The number of benzene rings is 2. The van der Waals surface area contributed by atoms with Crippen LogP contribution in [0.25, 0.3) is 0 Å². The minimum Gasteiger partial charge on any atom is -0.384 e. The average Bonchev–Trinajstić information content (AvgIpc) is 2.77. The van der Waals surface area contributed by atoms with Gasteiger partial charge in [0.25, 0.3) is 0 Å². The van der Waals surface area contributed by atoms with Crippen LogP contribution in [0.4, 0.5) is 10.1 Å². The quantitative estimate of drug-likeness (QED) is 0.885. The monoisotopic (exact) mass is 335 g/mol. The topological polar surface area (TPSA) is 49.3 Å². The van der Waals surface area contributed by atoms with Gasteiger partial charge in [0.1, 0.15) is 11.9 Å². The highest BCUT2D eigenvalue weighted by molar-refractivity contribution is 9.10. The molecule has 2 aromatic rings. The summed E-state index contributed by atoms with van der Waals surface area (Å²) in [7, 11) is 0. The summed E-state index contributed by atoms with van der Waals surface area (Å²) in [4.78, 5) is 11.3. The molecule has 0 radical (unpaired) electrons. The predicted octanol–water partition coefficient (Wildman–Crippen LogP) is 3.16. The van der Waals surface area contributed by atoms with E-state index >= 15 is 0 Å². The first-order valence-corrected chi connectivity index (χ1v) is 6.90. The van der Waals surface area contributed by atoms with Crippen LogP contribution >= 0.6 is 15.9 Å². The summed E-state index contributed by atoms with van der Waals surface area (Å²) < 4.78 is 14.4. The molecule has 1 amide bonds. The molecular formula is C15H11BrFNO2. The third-order valence-electron chi connectivity index (χ3n) is 3.34. The molecule has 1 heterocycles. The van der Waals surface area contributed by atoms with E-state index in [-0.39, 0.29) is 17.9 Å². The Morgan fingerprint density at radius 1 is 1.30 bits per heavy atom. The van der Waals surface area contributed by atoms with Crippen LogP contribution in [0.5, 0.6) is 0 Å². The maximum absolute atomic E-state index is 13.9. The average molecular weight is 336 g/mol. The zero-order valence-corrected chi connectivity index (χ0v) is 11.9. The number of anilines is 1. The van der Waals surface area contributed by atoms with Gasteiger partial charge in [-0.15, -0.1) is 0 Å². The molecule has 0 saturated carbocycles. The summed E-state index contributed by atoms with van der Waals surface area (Å²) in [5, 5.41) is 13.1. The van der Waals surface area contributed by atoms with Crippen LogP contribution in [0.3, 0.4) is 0 Å². The molecule has 0 saturated heterocycles. The predicted molar refractivity (Wildman–Crippen MR) is 76.9 cm³/mol. The molecule has 0 aromatic heterocycles. The van der Waals surface area contributed by atoms with Gasteiger partial charge in [-0.3, -0.25) is 4.79 Å². The molecular weight excluding hydrogens is 325 g/mol. The fourth-order valence-electron chi connectivity index (χ4n) is 2.36. The summed E-state index contributed by atoms with van der Waals surface area (Å²) in [6.45, 7) is 0. The normalized spacial score (nSPS) is 14.8. The van der Waals surface area contributed by atoms with Gasteiger partial charge in [-0.05, 0) is 29.3 Å². The van der Waals surface area contributed by atoms with Crippen molar-refractivity contribution in [2.75, 3.05) is 5.32 Å². The van der Waals surface area contributed by atoms with Crippen molar-refractivity contribution in [3.8, 4) is 0 Å². The van der Waals surface area contributed by atoms with E-state index in [2.05, 4.69) is 21.2 Å². The van der Waals surface area contributed by atoms with Gasteiger partial charge in [0.15, 0.2) is 0 Å². The van der Waals surface area contributed by atoms with Crippen LogP contribution in [-0.2, 0) is 11.2 Å². The third kappa shape index (κ3) is 2.23. The molecule has 20 heavy (non-hydrogen) atoms. The van der Waals surface area contributed by atoms with Gasteiger partial charge >= 0.3 is 0 Å². The molecule has 1 aliphatic heterocycles. The SMILES string of the molecule is O=C1Cc2cc(C(O)c3c(F)cccc3Br)ccc2N1. The molecule has 0 fully saturated rings. The van der Waals surface area contributed by atoms with Gasteiger partial charge in [0.2, 0.25) is 5.91 Å². The van der Waals surface area contributed by atoms with Crippen molar-refractivity contribution in [1.29, 1.82) is 0 Å². The molecule has 1 atom stereocenters. The van der Waals surface area contributed by atoms with Crippen molar-refractivity contribution in [3.63, 3.8) is 0 Å². The van der Waals surface area contributed by atoms with Crippen LogP contribution in [0.15, 0.2) is 40.9 Å². The summed E-state index contributed by atoms with van der Waals surface area (Å²) in [5.41, 5.74) is 2.33. The van der Waals surface area contributed by atoms with E-state index in [0.29, 0.717) is 10.0 Å². The Bertz CT molecular complexity index is 682. The second-order valence-corrected chi connectivity index (χ2v) is 5.53. The number of aliphatic hydroxyl groups is 1. The maximum Gasteiger partial charge on any atom is 0.228 e. The number of fused-ring (bicyclic) bond motifs is 1. The fourth-order valence-corrected chi connectivity index (χ4v) is 2.92. The lowest BCUT2D eigenvalue weighted by molar-refractivity contribution is -0.115. The van der Waals surface area contributed by atoms with E-state index in [1.807, 2.05) is 0 Å². The second-order valence-electron chi connectivity index (χ2n) is 4.68. The molecule has 1 unspecified atom stereocenters. The van der Waals surface area contributed by atoms with Crippen molar-refractivity contribution in [2.45, 2.75) is 12.5 Å². The fraction of sp³-hybridized carbons (Fsp3) is 0.133. The van der Waals surface area contributed by atoms with Gasteiger partial charge in [-0.2, -0.15) is 0 Å². The minimum atomic E-state index is -1.08. The van der Waals surface area contributed by atoms with Gasteiger partial charge in [0.05, 0.1) is 6.42 Å². The highest BCUT2D eigenvalue weighted by Gasteiger charge is 2.22. The Labute approximate surface area is 123 Å². The van der Waals surface area contributed by atoms with E-state index in [0.717, 1.165) is 11.3 Å². The number of carbonyl (C=O) groups is 1. The Balaban J connectivity index is 2.02. The summed E-state index contributed by atoms with van der Waals surface area (Å²) in [6.07, 6.45) is -0.791. The Hall–Kier alpha value is -1.72. The minimum absolute atomic E-state index is 0.0706. The number of aliphatic hydroxyl groups excluding tert-OH is 1. The number of carbonyl (C=O) groups excluding carboxylic acids is 1. The number of halogens is 2. The maximum atomic E-state index is 13.9. The number of hydrogen-bond donors (Lipinski definition) is 2. The van der Waals surface area contributed by atoms with Crippen molar-refractivity contribution < 1.29 is 14.3 Å². The molecule has 102 valence electrons. The highest BCUT2D eigenvalue weighted by Crippen LogP contribution is 2.33. The molecule has 0 spiro atoms. The Kier molecular flexibility index (Phi) is 3.31. The Morgan fingerprint density at radius 2 is 2.10 bits per heavy atom. The summed E-state index contributed by atoms with van der Waals surface area (Å²) >= 11 is 3.25. The zero-order chi connectivity index (χ0) is 14.3. The van der Waals surface area contributed by atoms with E-state index in [1.54, 1.807) is 30.3 Å². The molecule has 0 aliphatic carbocycles. The van der Waals surface area contributed by atoms with Crippen molar-refractivity contribution in [2.24, 2.45) is 0 Å². The van der Waals surface area contributed by atoms with Crippen LogP contribution in [0.1, 0.15) is 22.8 Å². The lowest BCUT2D eigenvalue weighted by Gasteiger charge is -2.15. The first kappa shape index (κ1) is 13.3. The molecule has 5 heteroatoms. The highest BCUT2D eigenvalue weighted by atomic mass is 79.9. The van der Waals surface area contributed by atoms with E-state index < -0.39 is 11.9 Å². The van der Waals surface area contributed by atoms with Gasteiger partial charge < -0.3 is 10.4 Å². The van der Waals surface area contributed by atoms with Crippen molar-refractivity contribution in [1.82, 2.24) is 0 Å². The molecule has 2 aromatic carbocycles. The van der Waals surface area contributed by atoms with Crippen LogP contribution < -0.4 is 5.32 Å². The van der Waals surface area contributed by atoms with E-state index in [4.69, 9.17) is 0 Å². The first-order valence-electron chi connectivity index (χ1n) is 6.11. The zero-order valence-electron chi connectivity index (χ0n) is 10.4. The lowest BCUT2D eigenvalue weighted by Crippen LogP contribution is -2.04. The van der Waals surface area contributed by atoms with Crippen LogP contribution in [0.2, 0.25) is 0 Å². The Morgan fingerprint density at radius 3 is 2.85 bits per heavy atom. The van der Waals surface area contributed by atoms with Crippen LogP contribution in [0, 0.1) is 5.82 Å². The molecule has 2 N–H and O–H groups in total. The smallest absolute Gasteiger partial charge is 0.228 e.